The molecule has 1 N–H and O–H groups in total. The average Bonchev–Trinajstić information content (AvgIpc) is 2.94. The summed E-state index contributed by atoms with van der Waals surface area (Å²) < 4.78 is 51.8. The molecule has 10 heteroatoms. The van der Waals surface area contributed by atoms with E-state index in [2.05, 4.69) is 23.7 Å². The molecular formula is C30H23F3N2O4S. The van der Waals surface area contributed by atoms with Crippen molar-refractivity contribution in [2.24, 2.45) is 0 Å². The second-order valence-corrected chi connectivity index (χ2v) is 8.99. The molecule has 0 spiro atoms. The number of alkyl halides is 3. The van der Waals surface area contributed by atoms with E-state index in [4.69, 9.17) is 14.7 Å². The molecule has 0 unspecified atom stereocenters. The lowest BCUT2D eigenvalue weighted by Gasteiger charge is -2.14. The van der Waals surface area contributed by atoms with Crippen molar-refractivity contribution in [3.63, 3.8) is 0 Å². The summed E-state index contributed by atoms with van der Waals surface area (Å²) in [5.74, 6) is 4.79. The summed E-state index contributed by atoms with van der Waals surface area (Å²) in [5, 5.41) is 13.0. The minimum Gasteiger partial charge on any atom is -0.494 e. The number of nitrogens with one attached hydrogen (secondary N) is 1. The van der Waals surface area contributed by atoms with Crippen LogP contribution < -0.4 is 10.1 Å². The molecule has 3 rings (SSSR count). The van der Waals surface area contributed by atoms with Crippen LogP contribution in [0.25, 0.3) is 0 Å². The lowest BCUT2D eigenvalue weighted by molar-refractivity contribution is -0.138. The molecule has 0 aromatic heterocycles. The minimum atomic E-state index is -4.72. The molecule has 3 aromatic carbocycles. The van der Waals surface area contributed by atoms with Crippen LogP contribution in [0.3, 0.4) is 0 Å². The first kappa shape index (κ1) is 29.9. The first-order chi connectivity index (χ1) is 19.2. The number of anilines is 1. The van der Waals surface area contributed by atoms with Gasteiger partial charge in [0.05, 0.1) is 24.5 Å². The Morgan fingerprint density at radius 3 is 2.25 bits per heavy atom. The Morgan fingerprint density at radius 1 is 0.950 bits per heavy atom. The summed E-state index contributed by atoms with van der Waals surface area (Å²) in [6.45, 7) is 3.91. The lowest BCUT2D eigenvalue weighted by atomic mass is 10.1. The highest BCUT2D eigenvalue weighted by atomic mass is 32.2. The summed E-state index contributed by atoms with van der Waals surface area (Å²) in [6, 6.07) is 16.2. The van der Waals surface area contributed by atoms with E-state index in [9.17, 15) is 22.8 Å². The fourth-order valence-corrected chi connectivity index (χ4v) is 3.67. The Hall–Kier alpha value is -4.67. The van der Waals surface area contributed by atoms with E-state index in [1.54, 1.807) is 36.4 Å². The molecule has 3 aromatic rings. The van der Waals surface area contributed by atoms with Gasteiger partial charge in [-0.1, -0.05) is 18.4 Å². The van der Waals surface area contributed by atoms with Crippen LogP contribution in [0.1, 0.15) is 39.9 Å². The van der Waals surface area contributed by atoms with Crippen LogP contribution in [0.2, 0.25) is 0 Å². The quantitative estimate of drug-likeness (QED) is 0.0726. The largest absolute Gasteiger partial charge is 0.494 e. The van der Waals surface area contributed by atoms with Crippen LogP contribution in [-0.2, 0) is 15.7 Å². The number of carbonyl (C=O) groups excluding carboxylic acids is 2. The van der Waals surface area contributed by atoms with Crippen LogP contribution in [0.5, 0.6) is 5.75 Å². The zero-order valence-electron chi connectivity index (χ0n) is 21.1. The number of thiocyanates is 1. The van der Waals surface area contributed by atoms with E-state index in [-0.39, 0.29) is 17.7 Å². The maximum absolute atomic E-state index is 13.8. The predicted molar refractivity (Wildman–Crippen MR) is 146 cm³/mol. The van der Waals surface area contributed by atoms with Gasteiger partial charge in [0.15, 0.2) is 0 Å². The Bertz CT molecular complexity index is 1450. The molecule has 40 heavy (non-hydrogen) atoms. The molecule has 1 amide bonds. The Kier molecular flexibility index (Phi) is 10.8. The summed E-state index contributed by atoms with van der Waals surface area (Å²) in [5.41, 5.74) is -0.555. The number of halogens is 3. The SMILES string of the molecule is C=CC(=O)OCCCCOc1ccc(C(=O)Nc2ccc(C#Cc3ccc(SC#N)cc3)cc2C(F)(F)F)cc1. The lowest BCUT2D eigenvalue weighted by Crippen LogP contribution is -2.17. The number of thioether (sulfide) groups is 1. The number of carbonyl (C=O) groups is 2. The van der Waals surface area contributed by atoms with Crippen LogP contribution in [-0.4, -0.2) is 25.1 Å². The summed E-state index contributed by atoms with van der Waals surface area (Å²) in [6.07, 6.45) is -2.41. The van der Waals surface area contributed by atoms with E-state index in [1.165, 1.54) is 24.3 Å². The zero-order chi connectivity index (χ0) is 29.0. The molecule has 0 radical (unpaired) electrons. The minimum absolute atomic E-state index is 0.126. The van der Waals surface area contributed by atoms with Crippen molar-refractivity contribution in [3.05, 3.63) is 102 Å². The van der Waals surface area contributed by atoms with Crippen LogP contribution in [0.4, 0.5) is 18.9 Å². The maximum Gasteiger partial charge on any atom is 0.418 e. The van der Waals surface area contributed by atoms with Crippen molar-refractivity contribution < 1.29 is 32.2 Å². The van der Waals surface area contributed by atoms with Gasteiger partial charge in [-0.15, -0.1) is 0 Å². The molecule has 0 aliphatic rings. The normalized spacial score (nSPS) is 10.4. The van der Waals surface area contributed by atoms with Gasteiger partial charge in [0, 0.05) is 27.7 Å². The second kappa shape index (κ2) is 14.5. The molecule has 0 aliphatic carbocycles. The summed E-state index contributed by atoms with van der Waals surface area (Å²) >= 11 is 0.992. The molecule has 0 aliphatic heterocycles. The molecule has 204 valence electrons. The molecule has 0 heterocycles. The van der Waals surface area contributed by atoms with E-state index >= 15 is 0 Å². The van der Waals surface area contributed by atoms with Crippen LogP contribution in [0, 0.1) is 22.5 Å². The predicted octanol–water partition coefficient (Wildman–Crippen LogP) is 6.82. The molecule has 0 bridgehead atoms. The van der Waals surface area contributed by atoms with Crippen molar-refractivity contribution >= 4 is 29.3 Å². The van der Waals surface area contributed by atoms with Crippen LogP contribution in [0.15, 0.2) is 84.3 Å². The zero-order valence-corrected chi connectivity index (χ0v) is 21.9. The summed E-state index contributed by atoms with van der Waals surface area (Å²) in [7, 11) is 0. The van der Waals surface area contributed by atoms with Gasteiger partial charge in [0.2, 0.25) is 0 Å². The third-order valence-corrected chi connectivity index (χ3v) is 5.88. The van der Waals surface area contributed by atoms with Gasteiger partial charge in [-0.25, -0.2) is 4.79 Å². The second-order valence-electron chi connectivity index (χ2n) is 8.13. The first-order valence-corrected chi connectivity index (χ1v) is 12.7. The third kappa shape index (κ3) is 9.26. The number of rotatable bonds is 10. The molecule has 0 fully saturated rings. The fourth-order valence-electron chi connectivity index (χ4n) is 3.29. The van der Waals surface area contributed by atoms with Crippen LogP contribution >= 0.6 is 11.8 Å². The van der Waals surface area contributed by atoms with Gasteiger partial charge in [0.1, 0.15) is 11.2 Å². The third-order valence-electron chi connectivity index (χ3n) is 5.28. The Balaban J connectivity index is 1.62. The van der Waals surface area contributed by atoms with E-state index in [0.717, 1.165) is 28.8 Å². The molecular weight excluding hydrogens is 541 g/mol. The van der Waals surface area contributed by atoms with Gasteiger partial charge in [-0.3, -0.25) is 4.79 Å². The van der Waals surface area contributed by atoms with Crippen molar-refractivity contribution in [1.29, 1.82) is 5.26 Å². The number of hydrogen-bond acceptors (Lipinski definition) is 6. The highest BCUT2D eigenvalue weighted by molar-refractivity contribution is 8.03. The maximum atomic E-state index is 13.8. The number of ether oxygens (including phenoxy) is 2. The van der Waals surface area contributed by atoms with Crippen molar-refractivity contribution in [1.82, 2.24) is 0 Å². The van der Waals surface area contributed by atoms with E-state index in [1.807, 2.05) is 5.40 Å². The van der Waals surface area contributed by atoms with E-state index in [0.29, 0.717) is 30.8 Å². The van der Waals surface area contributed by atoms with Crippen molar-refractivity contribution in [2.75, 3.05) is 18.5 Å². The van der Waals surface area contributed by atoms with Gasteiger partial charge in [-0.05, 0) is 91.3 Å². The highest BCUT2D eigenvalue weighted by Gasteiger charge is 2.34. The van der Waals surface area contributed by atoms with Gasteiger partial charge < -0.3 is 14.8 Å². The Labute approximate surface area is 233 Å². The average molecular weight is 565 g/mol. The number of nitrogens with zero attached hydrogens (tertiary/aromatic N) is 1. The van der Waals surface area contributed by atoms with Crippen molar-refractivity contribution in [3.8, 4) is 23.0 Å². The molecule has 0 atom stereocenters. The molecule has 0 saturated carbocycles. The fraction of sp³-hybridized carbons (Fsp3) is 0.167. The number of hydrogen-bond donors (Lipinski definition) is 1. The molecule has 0 saturated heterocycles. The highest BCUT2D eigenvalue weighted by Crippen LogP contribution is 2.35. The number of nitriles is 1. The van der Waals surface area contributed by atoms with Gasteiger partial charge in [-0.2, -0.15) is 18.4 Å². The first-order valence-electron chi connectivity index (χ1n) is 11.9. The molecule has 6 nitrogen and oxygen atoms in total. The number of unbranched alkanes of at least 4 members (excludes halogenated alkanes) is 1. The van der Waals surface area contributed by atoms with E-state index < -0.39 is 29.3 Å². The number of esters is 1. The Morgan fingerprint density at radius 2 is 1.60 bits per heavy atom. The number of benzene rings is 3. The van der Waals surface area contributed by atoms with Gasteiger partial charge in [0.25, 0.3) is 5.91 Å². The standard InChI is InChI=1S/C30H23F3N2O4S/c1-2-28(36)39-18-4-3-17-38-24-12-10-23(11-13-24)29(37)35-27-16-9-22(19-26(27)30(31,32)33)6-5-21-7-14-25(15-8-21)40-20-34/h2,7-16,19H,1,3-4,17-18H2,(H,35,37). The smallest absolute Gasteiger partial charge is 0.418 e. The monoisotopic (exact) mass is 564 g/mol. The number of amides is 1. The topological polar surface area (TPSA) is 88.4 Å². The van der Waals surface area contributed by atoms with Gasteiger partial charge >= 0.3 is 12.1 Å². The van der Waals surface area contributed by atoms with Crippen molar-refractivity contribution in [2.45, 2.75) is 23.9 Å². The summed E-state index contributed by atoms with van der Waals surface area (Å²) in [4.78, 5) is 24.4.